The molecule has 0 saturated carbocycles. The molecule has 2 heterocycles. The topological polar surface area (TPSA) is 17.3 Å². The summed E-state index contributed by atoms with van der Waals surface area (Å²) in [6.45, 7) is 0. The molecule has 0 N–H and O–H groups in total. The third-order valence-corrected chi connectivity index (χ3v) is 5.69. The highest BCUT2D eigenvalue weighted by Gasteiger charge is 2.10. The van der Waals surface area contributed by atoms with Gasteiger partial charge in [-0.25, -0.2) is 4.98 Å². The Labute approximate surface area is 162 Å². The zero-order chi connectivity index (χ0) is 18.2. The van der Waals surface area contributed by atoms with Crippen LogP contribution in [-0.2, 0) is 0 Å². The third-order valence-electron chi connectivity index (χ3n) is 4.95. The summed E-state index contributed by atoms with van der Waals surface area (Å²) in [5.41, 5.74) is 7.87. The molecule has 27 heavy (non-hydrogen) atoms. The maximum absolute atomic E-state index is 4.95. The Kier molecular flexibility index (Phi) is 3.95. The lowest BCUT2D eigenvalue weighted by atomic mass is 10.0. The largest absolute Gasteiger partial charge is 0.313 e. The van der Waals surface area contributed by atoms with E-state index >= 15 is 0 Å². The Bertz CT molecular complexity index is 1240. The fourth-order valence-corrected chi connectivity index (χ4v) is 3.95. The van der Waals surface area contributed by atoms with Crippen LogP contribution >= 0.6 is 11.8 Å². The number of fused-ring (bicyclic) bond motifs is 3. The second kappa shape index (κ2) is 6.60. The summed E-state index contributed by atoms with van der Waals surface area (Å²) in [4.78, 5) is 6.23. The van der Waals surface area contributed by atoms with Crippen molar-refractivity contribution in [2.24, 2.45) is 0 Å². The van der Waals surface area contributed by atoms with Gasteiger partial charge < -0.3 is 4.40 Å². The van der Waals surface area contributed by atoms with Gasteiger partial charge in [-0.05, 0) is 53.8 Å². The van der Waals surface area contributed by atoms with Crippen molar-refractivity contribution in [3.05, 3.63) is 91.1 Å². The van der Waals surface area contributed by atoms with Crippen LogP contribution in [0.1, 0.15) is 0 Å². The van der Waals surface area contributed by atoms with Gasteiger partial charge in [0, 0.05) is 16.7 Å². The molecule has 5 aromatic rings. The molecule has 3 aromatic carbocycles. The summed E-state index contributed by atoms with van der Waals surface area (Å²) in [6.07, 6.45) is 4.20. The van der Waals surface area contributed by atoms with E-state index in [1.807, 2.05) is 6.07 Å². The predicted molar refractivity (Wildman–Crippen MR) is 115 cm³/mol. The van der Waals surface area contributed by atoms with Gasteiger partial charge >= 0.3 is 0 Å². The summed E-state index contributed by atoms with van der Waals surface area (Å²) in [6, 6.07) is 29.9. The van der Waals surface area contributed by atoms with Gasteiger partial charge in [-0.15, -0.1) is 11.8 Å². The lowest BCUT2D eigenvalue weighted by Crippen LogP contribution is -1.94. The van der Waals surface area contributed by atoms with Gasteiger partial charge in [0.15, 0.2) is 0 Å². The van der Waals surface area contributed by atoms with Crippen LogP contribution in [0.5, 0.6) is 0 Å². The predicted octanol–water partition coefficient (Wildman–Crippen LogP) is 6.54. The summed E-state index contributed by atoms with van der Waals surface area (Å²) in [7, 11) is 0. The van der Waals surface area contributed by atoms with E-state index in [0.29, 0.717) is 0 Å². The van der Waals surface area contributed by atoms with Crippen LogP contribution in [-0.4, -0.2) is 15.6 Å². The van der Waals surface area contributed by atoms with E-state index in [4.69, 9.17) is 4.98 Å². The molecule has 0 unspecified atom stereocenters. The van der Waals surface area contributed by atoms with E-state index in [0.717, 1.165) is 27.8 Å². The first kappa shape index (κ1) is 16.2. The molecule has 0 atom stereocenters. The Balaban J connectivity index is 1.61. The van der Waals surface area contributed by atoms with Gasteiger partial charge in [-0.2, -0.15) is 0 Å². The van der Waals surface area contributed by atoms with Crippen molar-refractivity contribution in [1.82, 2.24) is 9.38 Å². The molecule has 2 nitrogen and oxygen atoms in total. The minimum Gasteiger partial charge on any atom is -0.313 e. The summed E-state index contributed by atoms with van der Waals surface area (Å²) in [5, 5.41) is 0. The highest BCUT2D eigenvalue weighted by atomic mass is 32.2. The van der Waals surface area contributed by atoms with Gasteiger partial charge in [-0.3, -0.25) is 0 Å². The average molecular weight is 366 g/mol. The first-order chi connectivity index (χ1) is 13.3. The Morgan fingerprint density at radius 1 is 0.667 bits per heavy atom. The minimum atomic E-state index is 1.01. The quantitative estimate of drug-likeness (QED) is 0.337. The number of para-hydroxylation sites is 2. The van der Waals surface area contributed by atoms with Gasteiger partial charge in [0.05, 0.1) is 22.2 Å². The van der Waals surface area contributed by atoms with Crippen molar-refractivity contribution in [1.29, 1.82) is 0 Å². The molecule has 0 spiro atoms. The number of nitrogens with zero attached hydrogens (tertiary/aromatic N) is 2. The van der Waals surface area contributed by atoms with Gasteiger partial charge in [-0.1, -0.05) is 48.5 Å². The van der Waals surface area contributed by atoms with Crippen LogP contribution in [0, 0.1) is 0 Å². The van der Waals surface area contributed by atoms with Crippen LogP contribution in [0.3, 0.4) is 0 Å². The molecule has 0 saturated heterocycles. The number of benzene rings is 3. The smallest absolute Gasteiger partial charge is 0.0950 e. The zero-order valence-electron chi connectivity index (χ0n) is 15.0. The molecule has 0 bridgehead atoms. The summed E-state index contributed by atoms with van der Waals surface area (Å²) < 4.78 is 2.21. The molecule has 5 rings (SSSR count). The second-order valence-electron chi connectivity index (χ2n) is 6.52. The number of thioether (sulfide) groups is 1. The standard InChI is InChI=1S/C24H18N2S/c1-27-20-14-12-18(13-15-20)17-8-10-19(11-9-17)24-23-7-4-16-26(23)22-6-3-2-5-21(22)25-24/h2-16H,1H3. The minimum absolute atomic E-state index is 1.01. The summed E-state index contributed by atoms with van der Waals surface area (Å²) in [5.74, 6) is 0. The van der Waals surface area contributed by atoms with E-state index in [9.17, 15) is 0 Å². The van der Waals surface area contributed by atoms with Crippen molar-refractivity contribution in [2.45, 2.75) is 4.90 Å². The normalized spacial score (nSPS) is 11.3. The van der Waals surface area contributed by atoms with E-state index in [1.54, 1.807) is 11.8 Å². The number of hydrogen-bond donors (Lipinski definition) is 0. The van der Waals surface area contributed by atoms with Gasteiger partial charge in [0.25, 0.3) is 0 Å². The van der Waals surface area contributed by atoms with E-state index in [1.165, 1.54) is 16.0 Å². The molecule has 0 aliphatic carbocycles. The first-order valence-corrected chi connectivity index (χ1v) is 10.2. The number of hydrogen-bond acceptors (Lipinski definition) is 2. The fourth-order valence-electron chi connectivity index (χ4n) is 3.54. The molecular weight excluding hydrogens is 348 g/mol. The lowest BCUT2D eigenvalue weighted by molar-refractivity contribution is 1.23. The molecule has 0 aliphatic heterocycles. The number of rotatable bonds is 3. The van der Waals surface area contributed by atoms with Crippen molar-refractivity contribution in [3.8, 4) is 22.4 Å². The SMILES string of the molecule is CSc1ccc(-c2ccc(-c3nc4ccccc4n4cccc34)cc2)cc1. The first-order valence-electron chi connectivity index (χ1n) is 8.94. The maximum atomic E-state index is 4.95. The average Bonchev–Trinajstić information content (AvgIpc) is 3.24. The van der Waals surface area contributed by atoms with Crippen LogP contribution in [0.2, 0.25) is 0 Å². The van der Waals surface area contributed by atoms with E-state index in [2.05, 4.69) is 95.7 Å². The van der Waals surface area contributed by atoms with Crippen molar-refractivity contribution < 1.29 is 0 Å². The van der Waals surface area contributed by atoms with E-state index < -0.39 is 0 Å². The molecular formula is C24H18N2S. The molecule has 0 amide bonds. The molecule has 0 fully saturated rings. The lowest BCUT2D eigenvalue weighted by Gasteiger charge is -2.10. The third kappa shape index (κ3) is 2.81. The van der Waals surface area contributed by atoms with Crippen molar-refractivity contribution >= 4 is 28.3 Å². The van der Waals surface area contributed by atoms with Crippen LogP contribution in [0.25, 0.3) is 38.9 Å². The van der Waals surface area contributed by atoms with Gasteiger partial charge in [0.2, 0.25) is 0 Å². The Hall–Kier alpha value is -3.04. The second-order valence-corrected chi connectivity index (χ2v) is 7.40. The monoisotopic (exact) mass is 366 g/mol. The van der Waals surface area contributed by atoms with Gasteiger partial charge in [0.1, 0.15) is 0 Å². The highest BCUT2D eigenvalue weighted by Crippen LogP contribution is 2.29. The Morgan fingerprint density at radius 3 is 2.04 bits per heavy atom. The highest BCUT2D eigenvalue weighted by molar-refractivity contribution is 7.98. The van der Waals surface area contributed by atoms with Crippen LogP contribution in [0.4, 0.5) is 0 Å². The zero-order valence-corrected chi connectivity index (χ0v) is 15.8. The molecule has 0 radical (unpaired) electrons. The fraction of sp³-hybridized carbons (Fsp3) is 0.0417. The van der Waals surface area contributed by atoms with Crippen LogP contribution in [0.15, 0.2) is 96.0 Å². The molecule has 130 valence electrons. The number of aromatic nitrogens is 2. The van der Waals surface area contributed by atoms with E-state index in [-0.39, 0.29) is 0 Å². The molecule has 3 heteroatoms. The summed E-state index contributed by atoms with van der Waals surface area (Å²) >= 11 is 1.76. The van der Waals surface area contributed by atoms with Crippen molar-refractivity contribution in [2.75, 3.05) is 6.26 Å². The van der Waals surface area contributed by atoms with Crippen molar-refractivity contribution in [3.63, 3.8) is 0 Å². The van der Waals surface area contributed by atoms with Crippen LogP contribution < -0.4 is 0 Å². The molecule has 0 aliphatic rings. The maximum Gasteiger partial charge on any atom is 0.0950 e. The Morgan fingerprint density at radius 2 is 1.30 bits per heavy atom. The molecule has 2 aromatic heterocycles.